The van der Waals surface area contributed by atoms with Gasteiger partial charge in [-0.3, -0.25) is 9.59 Å². The molecule has 2 N–H and O–H groups in total. The number of hydrogen-bond donors (Lipinski definition) is 2. The molecule has 1 aromatic carbocycles. The van der Waals surface area contributed by atoms with Crippen LogP contribution in [0.5, 0.6) is 0 Å². The van der Waals surface area contributed by atoms with Crippen molar-refractivity contribution in [1.29, 1.82) is 0 Å². The lowest BCUT2D eigenvalue weighted by molar-refractivity contribution is -0.139. The molecule has 1 aliphatic heterocycles. The van der Waals surface area contributed by atoms with Gasteiger partial charge in [-0.25, -0.2) is 10.2 Å². The molecule has 158 valence electrons. The van der Waals surface area contributed by atoms with Gasteiger partial charge >= 0.3 is 12.0 Å². The van der Waals surface area contributed by atoms with Gasteiger partial charge < -0.3 is 15.0 Å². The van der Waals surface area contributed by atoms with Gasteiger partial charge in [-0.15, -0.1) is 5.10 Å². The predicted octanol–water partition coefficient (Wildman–Crippen LogP) is 2.36. The number of aryl methyl sites for hydroxylation is 2. The number of nitrogens with zero attached hydrogens (tertiary/aromatic N) is 2. The van der Waals surface area contributed by atoms with Gasteiger partial charge in [0.2, 0.25) is 5.78 Å². The largest absolute Gasteiger partial charge is 0.449 e. The zero-order chi connectivity index (χ0) is 21.6. The van der Waals surface area contributed by atoms with E-state index in [1.807, 2.05) is 57.8 Å². The Kier molecular flexibility index (Phi) is 8.07. The van der Waals surface area contributed by atoms with Crippen molar-refractivity contribution in [2.45, 2.75) is 33.7 Å². The average Bonchev–Trinajstić information content (AvgIpc) is 3.07. The quantitative estimate of drug-likeness (QED) is 0.519. The van der Waals surface area contributed by atoms with Crippen molar-refractivity contribution in [3.05, 3.63) is 34.9 Å². The molecule has 1 saturated heterocycles. The second kappa shape index (κ2) is 10.3. The van der Waals surface area contributed by atoms with Crippen LogP contribution in [0, 0.1) is 19.8 Å². The fourth-order valence-electron chi connectivity index (χ4n) is 2.84. The summed E-state index contributed by atoms with van der Waals surface area (Å²) in [5.74, 6) is -0.683. The molecule has 0 radical (unpaired) electrons. The number of hydrazone groups is 1. The Morgan fingerprint density at radius 2 is 1.90 bits per heavy atom. The van der Waals surface area contributed by atoms with E-state index in [4.69, 9.17) is 4.74 Å². The smallest absolute Gasteiger partial charge is 0.408 e. The zero-order valence-electron chi connectivity index (χ0n) is 17.4. The second-order valence-electron chi connectivity index (χ2n) is 7.34. The summed E-state index contributed by atoms with van der Waals surface area (Å²) in [5, 5.41) is 7.22. The summed E-state index contributed by atoms with van der Waals surface area (Å²) in [7, 11) is 1.86. The van der Waals surface area contributed by atoms with E-state index >= 15 is 0 Å². The monoisotopic (exact) mass is 420 g/mol. The molecule has 1 aliphatic rings. The maximum absolute atomic E-state index is 12.9. The van der Waals surface area contributed by atoms with Crippen LogP contribution in [0.1, 0.15) is 36.6 Å². The van der Waals surface area contributed by atoms with E-state index in [9.17, 15) is 14.4 Å². The Morgan fingerprint density at radius 3 is 2.45 bits per heavy atom. The lowest BCUT2D eigenvalue weighted by atomic mass is 9.93. The zero-order valence-corrected chi connectivity index (χ0v) is 18.3. The minimum Gasteiger partial charge on any atom is -0.449 e. The van der Waals surface area contributed by atoms with Crippen molar-refractivity contribution >= 4 is 34.7 Å². The molecule has 1 unspecified atom stereocenters. The number of hydrogen-bond acceptors (Lipinski definition) is 6. The van der Waals surface area contributed by atoms with Gasteiger partial charge in [-0.1, -0.05) is 43.8 Å². The molecule has 9 heteroatoms. The summed E-state index contributed by atoms with van der Waals surface area (Å²) in [6.45, 7) is 8.50. The molecule has 0 bridgehead atoms. The highest BCUT2D eigenvalue weighted by molar-refractivity contribution is 8.14. The highest BCUT2D eigenvalue weighted by atomic mass is 32.2. The van der Waals surface area contributed by atoms with Crippen LogP contribution in [0.4, 0.5) is 4.79 Å². The SMILES string of the molecule is Cc1cccc(C)c1C(NC(=O)OCC(C)C)C(=O)C(=O)N/N=C1\SCCN1C. The Bertz CT molecular complexity index is 789. The minimum atomic E-state index is -1.16. The summed E-state index contributed by atoms with van der Waals surface area (Å²) in [4.78, 5) is 39.6. The van der Waals surface area contributed by atoms with E-state index < -0.39 is 23.8 Å². The van der Waals surface area contributed by atoms with E-state index in [1.54, 1.807) is 0 Å². The Balaban J connectivity index is 2.22. The first kappa shape index (κ1) is 22.7. The fourth-order valence-corrected chi connectivity index (χ4v) is 3.81. The van der Waals surface area contributed by atoms with Crippen LogP contribution in [0.3, 0.4) is 0 Å². The van der Waals surface area contributed by atoms with Crippen molar-refractivity contribution in [1.82, 2.24) is 15.6 Å². The third kappa shape index (κ3) is 6.22. The number of rotatable bonds is 7. The van der Waals surface area contributed by atoms with Gasteiger partial charge in [0.05, 0.1) is 6.61 Å². The molecule has 1 aromatic rings. The number of amides is 2. The van der Waals surface area contributed by atoms with Gasteiger partial charge in [-0.2, -0.15) is 0 Å². The predicted molar refractivity (Wildman–Crippen MR) is 114 cm³/mol. The highest BCUT2D eigenvalue weighted by Gasteiger charge is 2.31. The fraction of sp³-hybridized carbons (Fsp3) is 0.500. The molecule has 1 heterocycles. The van der Waals surface area contributed by atoms with Crippen LogP contribution in [0.15, 0.2) is 23.3 Å². The van der Waals surface area contributed by atoms with Crippen molar-refractivity contribution in [3.8, 4) is 0 Å². The van der Waals surface area contributed by atoms with Crippen molar-refractivity contribution < 1.29 is 19.1 Å². The second-order valence-corrected chi connectivity index (χ2v) is 8.41. The van der Waals surface area contributed by atoms with Gasteiger partial charge in [0.1, 0.15) is 6.04 Å². The van der Waals surface area contributed by atoms with Gasteiger partial charge in [-0.05, 0) is 36.5 Å². The maximum Gasteiger partial charge on any atom is 0.408 e. The van der Waals surface area contributed by atoms with Crippen LogP contribution >= 0.6 is 11.8 Å². The van der Waals surface area contributed by atoms with Gasteiger partial charge in [0.15, 0.2) is 5.17 Å². The van der Waals surface area contributed by atoms with Gasteiger partial charge in [0, 0.05) is 19.3 Å². The lowest BCUT2D eigenvalue weighted by Crippen LogP contribution is -2.42. The maximum atomic E-state index is 12.9. The molecule has 29 heavy (non-hydrogen) atoms. The topological polar surface area (TPSA) is 100 Å². The van der Waals surface area contributed by atoms with Crippen LogP contribution in [0.25, 0.3) is 0 Å². The first-order valence-electron chi connectivity index (χ1n) is 9.46. The average molecular weight is 421 g/mol. The number of ether oxygens (including phenoxy) is 1. The molecule has 8 nitrogen and oxygen atoms in total. The third-order valence-corrected chi connectivity index (χ3v) is 5.41. The van der Waals surface area contributed by atoms with Crippen molar-refractivity contribution in [2.24, 2.45) is 11.0 Å². The van der Waals surface area contributed by atoms with E-state index in [-0.39, 0.29) is 12.5 Å². The highest BCUT2D eigenvalue weighted by Crippen LogP contribution is 2.23. The normalized spacial score (nSPS) is 16.1. The van der Waals surface area contributed by atoms with E-state index in [2.05, 4.69) is 15.8 Å². The molecule has 2 amide bonds. The number of alkyl carbamates (subject to hydrolysis) is 1. The minimum absolute atomic E-state index is 0.148. The molecule has 1 atom stereocenters. The summed E-state index contributed by atoms with van der Waals surface area (Å²) >= 11 is 1.49. The number of carbonyl (C=O) groups is 3. The Labute approximate surface area is 175 Å². The third-order valence-electron chi connectivity index (χ3n) is 4.36. The van der Waals surface area contributed by atoms with Crippen molar-refractivity contribution in [3.63, 3.8) is 0 Å². The van der Waals surface area contributed by atoms with Crippen LogP contribution < -0.4 is 10.7 Å². The van der Waals surface area contributed by atoms with Gasteiger partial charge in [0.25, 0.3) is 0 Å². The van der Waals surface area contributed by atoms with E-state index in [1.165, 1.54) is 11.8 Å². The van der Waals surface area contributed by atoms with E-state index in [0.29, 0.717) is 10.7 Å². The molecule has 2 rings (SSSR count). The van der Waals surface area contributed by atoms with E-state index in [0.717, 1.165) is 23.4 Å². The number of Topliss-reactive ketones (excluding diaryl/α,β-unsaturated/α-hetero) is 1. The lowest BCUT2D eigenvalue weighted by Gasteiger charge is -2.21. The summed E-state index contributed by atoms with van der Waals surface area (Å²) in [6.07, 6.45) is -0.745. The Morgan fingerprint density at radius 1 is 1.24 bits per heavy atom. The summed E-state index contributed by atoms with van der Waals surface area (Å²) in [6, 6.07) is 4.34. The number of carbonyl (C=O) groups excluding carboxylic acids is 3. The molecule has 0 aliphatic carbocycles. The number of amidine groups is 1. The number of thioether (sulfide) groups is 1. The Hall–Kier alpha value is -2.55. The van der Waals surface area contributed by atoms with Crippen molar-refractivity contribution in [2.75, 3.05) is 26.0 Å². The first-order chi connectivity index (χ1) is 13.7. The summed E-state index contributed by atoms with van der Waals surface area (Å²) < 4.78 is 5.15. The molecular formula is C20H28N4O4S. The number of ketones is 1. The van der Waals surface area contributed by atoms with Crippen LogP contribution in [-0.4, -0.2) is 53.8 Å². The van der Waals surface area contributed by atoms with Crippen LogP contribution in [-0.2, 0) is 14.3 Å². The van der Waals surface area contributed by atoms with Crippen LogP contribution in [0.2, 0.25) is 0 Å². The molecule has 0 saturated carbocycles. The molecule has 0 spiro atoms. The number of benzene rings is 1. The number of nitrogens with one attached hydrogen (secondary N) is 2. The molecule has 0 aromatic heterocycles. The molecule has 1 fully saturated rings. The summed E-state index contributed by atoms with van der Waals surface area (Å²) in [5.41, 5.74) is 4.47. The first-order valence-corrected chi connectivity index (χ1v) is 10.4. The standard InChI is InChI=1S/C20H28N4O4S/c1-12(2)11-28-20(27)21-16(15-13(3)7-6-8-14(15)4)17(25)18(26)22-23-19-24(5)9-10-29-19/h6-8,12,16H,9-11H2,1-5H3,(H,21,27)(H,22,26)/b23-19-. The molecular weight excluding hydrogens is 392 g/mol.